The van der Waals surface area contributed by atoms with Crippen molar-refractivity contribution in [2.24, 2.45) is 7.05 Å². The van der Waals surface area contributed by atoms with Gasteiger partial charge in [0.1, 0.15) is 10.8 Å². The molecule has 3 aromatic heterocycles. The molecule has 0 aromatic carbocycles. The average molecular weight is 473 g/mol. The number of nitrogens with one attached hydrogen (secondary N) is 2. The van der Waals surface area contributed by atoms with E-state index in [1.807, 2.05) is 13.8 Å². The van der Waals surface area contributed by atoms with E-state index in [0.29, 0.717) is 0 Å². The highest BCUT2D eigenvalue weighted by Crippen LogP contribution is 2.46. The van der Waals surface area contributed by atoms with Gasteiger partial charge in [-0.2, -0.15) is 23.4 Å². The van der Waals surface area contributed by atoms with Crippen LogP contribution in [0.3, 0.4) is 0 Å². The summed E-state index contributed by atoms with van der Waals surface area (Å²) in [5.41, 5.74) is 2.23. The average Bonchev–Trinajstić information content (AvgIpc) is 3.40. The fourth-order valence-electron chi connectivity index (χ4n) is 3.74. The molecule has 2 atom stereocenters. The van der Waals surface area contributed by atoms with Gasteiger partial charge < -0.3 is 10.6 Å². The third-order valence-electron chi connectivity index (χ3n) is 5.48. The summed E-state index contributed by atoms with van der Waals surface area (Å²) in [6.07, 6.45) is -4.79. The zero-order valence-electron chi connectivity index (χ0n) is 16.9. The summed E-state index contributed by atoms with van der Waals surface area (Å²) in [6, 6.07) is 1.07. The third-order valence-corrected chi connectivity index (χ3v) is 6.83. The number of thiophene rings is 1. The van der Waals surface area contributed by atoms with E-state index in [9.17, 15) is 18.0 Å². The molecular formula is C19H20ClF3N6OS. The zero-order valence-corrected chi connectivity index (χ0v) is 18.5. The molecule has 0 spiro atoms. The second-order valence-electron chi connectivity index (χ2n) is 7.42. The van der Waals surface area contributed by atoms with Crippen molar-refractivity contribution in [1.29, 1.82) is 0 Å². The lowest BCUT2D eigenvalue weighted by molar-refractivity contribution is -0.173. The molecular weight excluding hydrogens is 453 g/mol. The van der Waals surface area contributed by atoms with Crippen LogP contribution in [0.15, 0.2) is 17.5 Å². The van der Waals surface area contributed by atoms with Crippen molar-refractivity contribution in [1.82, 2.24) is 24.9 Å². The van der Waals surface area contributed by atoms with Gasteiger partial charge in [-0.3, -0.25) is 9.48 Å². The summed E-state index contributed by atoms with van der Waals surface area (Å²) < 4.78 is 43.9. The maximum absolute atomic E-state index is 13.8. The normalized spacial score (nSPS) is 18.5. The molecule has 7 nitrogen and oxygen atoms in total. The summed E-state index contributed by atoms with van der Waals surface area (Å²) in [4.78, 5) is 13.5. The molecule has 1 aliphatic rings. The fourth-order valence-corrected chi connectivity index (χ4v) is 4.79. The number of hydrogen-bond acceptors (Lipinski definition) is 5. The van der Waals surface area contributed by atoms with Crippen molar-refractivity contribution >= 4 is 34.7 Å². The number of hydrogen-bond donors (Lipinski definition) is 2. The quantitative estimate of drug-likeness (QED) is 0.584. The van der Waals surface area contributed by atoms with Crippen molar-refractivity contribution in [3.63, 3.8) is 0 Å². The predicted molar refractivity (Wildman–Crippen MR) is 111 cm³/mol. The third kappa shape index (κ3) is 3.91. The van der Waals surface area contributed by atoms with Gasteiger partial charge in [-0.25, -0.2) is 4.68 Å². The molecule has 0 fully saturated rings. The number of anilines is 1. The van der Waals surface area contributed by atoms with Gasteiger partial charge in [-0.05, 0) is 25.3 Å². The zero-order chi connectivity index (χ0) is 22.5. The van der Waals surface area contributed by atoms with Crippen LogP contribution in [-0.2, 0) is 13.6 Å². The molecule has 0 bridgehead atoms. The number of halogens is 4. The Morgan fingerprint density at radius 1 is 1.39 bits per heavy atom. The lowest BCUT2D eigenvalue weighted by atomic mass is 10.0. The Hall–Kier alpha value is -2.53. The first-order valence-electron chi connectivity index (χ1n) is 9.49. The number of aromatic nitrogens is 4. The Labute approximate surface area is 185 Å². The van der Waals surface area contributed by atoms with Gasteiger partial charge in [0, 0.05) is 36.1 Å². The summed E-state index contributed by atoms with van der Waals surface area (Å²) in [5, 5.41) is 15.6. The molecule has 12 heteroatoms. The SMILES string of the molecule is Cc1nn(C)c(C)c1CNC(=O)c1nn2c(c1Cl)N[C@@H](c1cccs1)C[C@@H]2C(F)(F)F. The molecule has 0 unspecified atom stereocenters. The molecule has 1 aliphatic heterocycles. The maximum atomic E-state index is 13.8. The lowest BCUT2D eigenvalue weighted by Gasteiger charge is -2.32. The van der Waals surface area contributed by atoms with Gasteiger partial charge in [0.2, 0.25) is 0 Å². The number of carbonyl (C=O) groups is 1. The minimum absolute atomic E-state index is 0.00692. The molecule has 0 radical (unpaired) electrons. The van der Waals surface area contributed by atoms with Crippen LogP contribution in [0, 0.1) is 13.8 Å². The molecule has 0 aliphatic carbocycles. The second-order valence-corrected chi connectivity index (χ2v) is 8.77. The number of amides is 1. The van der Waals surface area contributed by atoms with E-state index in [2.05, 4.69) is 20.8 Å². The predicted octanol–water partition coefficient (Wildman–Crippen LogP) is 4.54. The topological polar surface area (TPSA) is 76.8 Å². The summed E-state index contributed by atoms with van der Waals surface area (Å²) in [7, 11) is 1.79. The van der Waals surface area contributed by atoms with Crippen LogP contribution in [0.4, 0.5) is 19.0 Å². The molecule has 0 saturated heterocycles. The highest BCUT2D eigenvalue weighted by Gasteiger charge is 2.48. The van der Waals surface area contributed by atoms with Gasteiger partial charge in [0.25, 0.3) is 5.91 Å². The number of aryl methyl sites for hydroxylation is 2. The van der Waals surface area contributed by atoms with Gasteiger partial charge >= 0.3 is 6.18 Å². The molecule has 4 rings (SSSR count). The van der Waals surface area contributed by atoms with Gasteiger partial charge in [0.15, 0.2) is 11.7 Å². The minimum atomic E-state index is -4.54. The Bertz CT molecular complexity index is 1120. The van der Waals surface area contributed by atoms with Crippen LogP contribution in [0.5, 0.6) is 0 Å². The van der Waals surface area contributed by atoms with Crippen molar-refractivity contribution in [2.45, 2.75) is 45.1 Å². The van der Waals surface area contributed by atoms with Gasteiger partial charge in [-0.15, -0.1) is 11.3 Å². The first-order valence-corrected chi connectivity index (χ1v) is 10.8. The van der Waals surface area contributed by atoms with E-state index in [-0.39, 0.29) is 29.5 Å². The molecule has 1 amide bonds. The highest BCUT2D eigenvalue weighted by molar-refractivity contribution is 7.10. The molecule has 31 heavy (non-hydrogen) atoms. The van der Waals surface area contributed by atoms with Crippen molar-refractivity contribution < 1.29 is 18.0 Å². The summed E-state index contributed by atoms with van der Waals surface area (Å²) in [5.74, 6) is -0.655. The van der Waals surface area contributed by atoms with Gasteiger partial charge in [-0.1, -0.05) is 17.7 Å². The van der Waals surface area contributed by atoms with Crippen LogP contribution < -0.4 is 10.6 Å². The molecule has 2 N–H and O–H groups in total. The summed E-state index contributed by atoms with van der Waals surface area (Å²) >= 11 is 7.70. The maximum Gasteiger partial charge on any atom is 0.410 e. The Morgan fingerprint density at radius 3 is 2.71 bits per heavy atom. The van der Waals surface area contributed by atoms with Crippen LogP contribution >= 0.6 is 22.9 Å². The largest absolute Gasteiger partial charge is 0.410 e. The van der Waals surface area contributed by atoms with E-state index in [1.54, 1.807) is 29.2 Å². The number of fused-ring (bicyclic) bond motifs is 1. The second kappa shape index (κ2) is 7.86. The van der Waals surface area contributed by atoms with Crippen LogP contribution in [0.1, 0.15) is 50.8 Å². The minimum Gasteiger partial charge on any atom is -0.361 e. The van der Waals surface area contributed by atoms with Gasteiger partial charge in [0.05, 0.1) is 11.7 Å². The Balaban J connectivity index is 1.63. The Kier molecular flexibility index (Phi) is 5.50. The van der Waals surface area contributed by atoms with E-state index in [1.165, 1.54) is 11.3 Å². The van der Waals surface area contributed by atoms with Crippen LogP contribution in [-0.4, -0.2) is 31.6 Å². The van der Waals surface area contributed by atoms with Crippen LogP contribution in [0.2, 0.25) is 5.02 Å². The molecule has 166 valence electrons. The van der Waals surface area contributed by atoms with E-state index in [4.69, 9.17) is 11.6 Å². The van der Waals surface area contributed by atoms with E-state index in [0.717, 1.165) is 26.5 Å². The number of alkyl halides is 3. The lowest BCUT2D eigenvalue weighted by Crippen LogP contribution is -2.35. The molecule has 3 aromatic rings. The van der Waals surface area contributed by atoms with Crippen molar-refractivity contribution in [3.8, 4) is 0 Å². The standard InChI is InChI=1S/C19H20ClF3N6OS/c1-9-11(10(2)28(3)26-9)8-24-18(30)16-15(20)17-25-12(13-5-4-6-31-13)7-14(19(21,22)23)29(17)27-16/h4-6,12,14,25H,7-8H2,1-3H3,(H,24,30)/t12-,14-/m1/s1. The van der Waals surface area contributed by atoms with Crippen LogP contribution in [0.25, 0.3) is 0 Å². The molecule has 4 heterocycles. The molecule has 0 saturated carbocycles. The van der Waals surface area contributed by atoms with E-state index >= 15 is 0 Å². The summed E-state index contributed by atoms with van der Waals surface area (Å²) in [6.45, 7) is 3.85. The van der Waals surface area contributed by atoms with Crippen molar-refractivity contribution in [2.75, 3.05) is 5.32 Å². The number of nitrogens with zero attached hydrogens (tertiary/aromatic N) is 4. The first-order chi connectivity index (χ1) is 14.6. The number of rotatable bonds is 4. The highest BCUT2D eigenvalue weighted by atomic mass is 35.5. The monoisotopic (exact) mass is 472 g/mol. The van der Waals surface area contributed by atoms with E-state index < -0.39 is 24.2 Å². The van der Waals surface area contributed by atoms with Crippen molar-refractivity contribution in [3.05, 3.63) is 50.1 Å². The first kappa shape index (κ1) is 21.7. The Morgan fingerprint density at radius 2 is 2.13 bits per heavy atom. The fraction of sp³-hybridized carbons (Fsp3) is 0.421. The number of carbonyl (C=O) groups excluding carboxylic acids is 1. The smallest absolute Gasteiger partial charge is 0.361 e.